The smallest absolute Gasteiger partial charge is 0.0532 e. The van der Waals surface area contributed by atoms with Crippen molar-refractivity contribution in [3.63, 3.8) is 0 Å². The van der Waals surface area contributed by atoms with Crippen LogP contribution < -0.4 is 0 Å². The van der Waals surface area contributed by atoms with Crippen LogP contribution in [0.15, 0.2) is 42.0 Å². The predicted octanol–water partition coefficient (Wildman–Crippen LogP) is 5.84. The highest BCUT2D eigenvalue weighted by Gasteiger charge is 2.42. The second kappa shape index (κ2) is 4.87. The molecule has 4 rings (SSSR count). The molecular formula is C21H25N. The Labute approximate surface area is 133 Å². The lowest BCUT2D eigenvalue weighted by Gasteiger charge is -2.24. The summed E-state index contributed by atoms with van der Waals surface area (Å²) in [6.07, 6.45) is 9.83. The predicted molar refractivity (Wildman–Crippen MR) is 95.2 cm³/mol. The molecule has 1 aromatic carbocycles. The van der Waals surface area contributed by atoms with E-state index >= 15 is 0 Å². The summed E-state index contributed by atoms with van der Waals surface area (Å²) in [6, 6.07) is 8.98. The Bertz CT molecular complexity index is 799. The van der Waals surface area contributed by atoms with Gasteiger partial charge in [0, 0.05) is 22.9 Å². The quantitative estimate of drug-likeness (QED) is 0.670. The molecule has 0 N–H and O–H groups in total. The fraction of sp³-hybridized carbons (Fsp3) is 0.429. The number of aromatic nitrogens is 1. The van der Waals surface area contributed by atoms with Gasteiger partial charge in [-0.25, -0.2) is 0 Å². The van der Waals surface area contributed by atoms with E-state index in [1.165, 1.54) is 47.9 Å². The van der Waals surface area contributed by atoms with E-state index in [4.69, 9.17) is 0 Å². The summed E-state index contributed by atoms with van der Waals surface area (Å²) >= 11 is 0. The molecule has 0 bridgehead atoms. The standard InChI is InChI=1S/C21H25N/c1-4-5-14-22-18-13-9-7-11-16(18)19-20(22)15-10-6-8-12-17(15)21(19,2)3/h7,9-13H,4-6,8,14H2,1-3H3. The zero-order chi connectivity index (χ0) is 15.3. The summed E-state index contributed by atoms with van der Waals surface area (Å²) < 4.78 is 2.59. The number of benzene rings is 1. The Morgan fingerprint density at radius 2 is 1.86 bits per heavy atom. The molecule has 1 nitrogen and oxygen atoms in total. The maximum absolute atomic E-state index is 2.59. The number of para-hydroxylation sites is 1. The molecule has 1 heterocycles. The van der Waals surface area contributed by atoms with Gasteiger partial charge < -0.3 is 4.57 Å². The van der Waals surface area contributed by atoms with Crippen molar-refractivity contribution in [3.05, 3.63) is 53.2 Å². The SMILES string of the molecule is CCCCn1c2c(c3ccccc31)C(C)(C)C1=CCCC=C12. The molecule has 0 saturated heterocycles. The highest BCUT2D eigenvalue weighted by Crippen LogP contribution is 2.54. The van der Waals surface area contributed by atoms with Gasteiger partial charge in [-0.05, 0) is 42.0 Å². The minimum atomic E-state index is 0.138. The van der Waals surface area contributed by atoms with E-state index in [0.29, 0.717) is 0 Å². The summed E-state index contributed by atoms with van der Waals surface area (Å²) in [5, 5.41) is 1.45. The summed E-state index contributed by atoms with van der Waals surface area (Å²) in [7, 11) is 0. The first-order valence-corrected chi connectivity index (χ1v) is 8.69. The van der Waals surface area contributed by atoms with Gasteiger partial charge in [0.2, 0.25) is 0 Å². The first-order chi connectivity index (χ1) is 10.7. The van der Waals surface area contributed by atoms with Crippen LogP contribution in [0.4, 0.5) is 0 Å². The van der Waals surface area contributed by atoms with Gasteiger partial charge in [-0.2, -0.15) is 0 Å². The molecule has 114 valence electrons. The first kappa shape index (κ1) is 13.9. The Morgan fingerprint density at radius 3 is 2.68 bits per heavy atom. The van der Waals surface area contributed by atoms with E-state index < -0.39 is 0 Å². The Hall–Kier alpha value is -1.76. The lowest BCUT2D eigenvalue weighted by molar-refractivity contribution is 0.636. The monoisotopic (exact) mass is 291 g/mol. The van der Waals surface area contributed by atoms with Crippen molar-refractivity contribution >= 4 is 16.5 Å². The summed E-state index contributed by atoms with van der Waals surface area (Å²) in [4.78, 5) is 0. The first-order valence-electron chi connectivity index (χ1n) is 8.69. The number of nitrogens with zero attached hydrogens (tertiary/aromatic N) is 1. The van der Waals surface area contributed by atoms with Gasteiger partial charge in [-0.1, -0.05) is 57.5 Å². The molecule has 0 radical (unpaired) electrons. The van der Waals surface area contributed by atoms with E-state index in [0.717, 1.165) is 6.54 Å². The Kier molecular flexibility index (Phi) is 3.07. The fourth-order valence-electron chi connectivity index (χ4n) is 4.39. The van der Waals surface area contributed by atoms with Crippen molar-refractivity contribution < 1.29 is 0 Å². The van der Waals surface area contributed by atoms with Crippen molar-refractivity contribution in [2.45, 2.75) is 58.4 Å². The third-order valence-electron chi connectivity index (χ3n) is 5.41. The van der Waals surface area contributed by atoms with Crippen LogP contribution in [0.5, 0.6) is 0 Å². The van der Waals surface area contributed by atoms with Crippen LogP contribution in [0.1, 0.15) is 57.7 Å². The molecule has 0 fully saturated rings. The highest BCUT2D eigenvalue weighted by atomic mass is 15.0. The lowest BCUT2D eigenvalue weighted by Crippen LogP contribution is -2.15. The maximum Gasteiger partial charge on any atom is 0.0532 e. The van der Waals surface area contributed by atoms with Gasteiger partial charge >= 0.3 is 0 Å². The second-order valence-electron chi connectivity index (χ2n) is 7.18. The molecular weight excluding hydrogens is 266 g/mol. The summed E-state index contributed by atoms with van der Waals surface area (Å²) in [5.41, 5.74) is 7.68. The average Bonchev–Trinajstić information content (AvgIpc) is 2.98. The van der Waals surface area contributed by atoms with Crippen LogP contribution in [0, 0.1) is 0 Å². The zero-order valence-electron chi connectivity index (χ0n) is 13.9. The van der Waals surface area contributed by atoms with Gasteiger partial charge in [0.1, 0.15) is 0 Å². The summed E-state index contributed by atoms with van der Waals surface area (Å²) in [6.45, 7) is 8.22. The minimum absolute atomic E-state index is 0.138. The minimum Gasteiger partial charge on any atom is -0.340 e. The lowest BCUT2D eigenvalue weighted by atomic mass is 9.79. The molecule has 0 atom stereocenters. The Balaban J connectivity index is 2.06. The van der Waals surface area contributed by atoms with Crippen molar-refractivity contribution in [3.8, 4) is 0 Å². The third-order valence-corrected chi connectivity index (χ3v) is 5.41. The van der Waals surface area contributed by atoms with Crippen LogP contribution in [0.25, 0.3) is 16.5 Å². The molecule has 2 aliphatic carbocycles. The Morgan fingerprint density at radius 1 is 1.09 bits per heavy atom. The largest absolute Gasteiger partial charge is 0.340 e. The van der Waals surface area contributed by atoms with E-state index in [1.54, 1.807) is 11.1 Å². The van der Waals surface area contributed by atoms with Gasteiger partial charge in [-0.3, -0.25) is 0 Å². The summed E-state index contributed by atoms with van der Waals surface area (Å²) in [5.74, 6) is 0. The molecule has 22 heavy (non-hydrogen) atoms. The molecule has 0 amide bonds. The van der Waals surface area contributed by atoms with Crippen LogP contribution in [-0.4, -0.2) is 4.57 Å². The number of unbranched alkanes of at least 4 members (excludes halogenated alkanes) is 1. The highest BCUT2D eigenvalue weighted by molar-refractivity contribution is 6.00. The molecule has 2 aromatic rings. The molecule has 0 unspecified atom stereocenters. The number of fused-ring (bicyclic) bond motifs is 5. The molecule has 1 aromatic heterocycles. The molecule has 0 saturated carbocycles. The number of hydrogen-bond acceptors (Lipinski definition) is 0. The van der Waals surface area contributed by atoms with Gasteiger partial charge in [-0.15, -0.1) is 0 Å². The third kappa shape index (κ3) is 1.71. The number of aryl methyl sites for hydroxylation is 1. The van der Waals surface area contributed by atoms with E-state index in [9.17, 15) is 0 Å². The number of hydrogen-bond donors (Lipinski definition) is 0. The van der Waals surface area contributed by atoms with Crippen molar-refractivity contribution in [2.75, 3.05) is 0 Å². The van der Waals surface area contributed by atoms with E-state index in [1.807, 2.05) is 0 Å². The number of allylic oxidation sites excluding steroid dienone is 4. The van der Waals surface area contributed by atoms with Crippen LogP contribution in [0.3, 0.4) is 0 Å². The van der Waals surface area contributed by atoms with E-state index in [2.05, 4.69) is 61.8 Å². The topological polar surface area (TPSA) is 4.93 Å². The van der Waals surface area contributed by atoms with Crippen molar-refractivity contribution in [2.24, 2.45) is 0 Å². The van der Waals surface area contributed by atoms with Crippen molar-refractivity contribution in [1.29, 1.82) is 0 Å². The fourth-order valence-corrected chi connectivity index (χ4v) is 4.39. The van der Waals surface area contributed by atoms with Crippen LogP contribution in [-0.2, 0) is 12.0 Å². The normalized spacial score (nSPS) is 18.9. The average molecular weight is 291 g/mol. The van der Waals surface area contributed by atoms with Crippen LogP contribution >= 0.6 is 0 Å². The molecule has 1 heteroatoms. The second-order valence-corrected chi connectivity index (χ2v) is 7.18. The van der Waals surface area contributed by atoms with Gasteiger partial charge in [0.25, 0.3) is 0 Å². The molecule has 2 aliphatic rings. The van der Waals surface area contributed by atoms with Gasteiger partial charge in [0.05, 0.1) is 5.69 Å². The maximum atomic E-state index is 2.59. The van der Waals surface area contributed by atoms with Crippen molar-refractivity contribution in [1.82, 2.24) is 4.57 Å². The number of rotatable bonds is 3. The van der Waals surface area contributed by atoms with Crippen LogP contribution in [0.2, 0.25) is 0 Å². The van der Waals surface area contributed by atoms with E-state index in [-0.39, 0.29) is 5.41 Å². The molecule has 0 aliphatic heterocycles. The molecule has 0 spiro atoms. The zero-order valence-corrected chi connectivity index (χ0v) is 13.9. The van der Waals surface area contributed by atoms with Gasteiger partial charge in [0.15, 0.2) is 0 Å².